The number of benzene rings is 2. The predicted octanol–water partition coefficient (Wildman–Crippen LogP) is 6.46. The molecule has 0 unspecified atom stereocenters. The molecule has 2 aromatic heterocycles. The van der Waals surface area contributed by atoms with Crippen LogP contribution in [-0.2, 0) is 13.0 Å². The molecule has 2 aromatic carbocycles. The van der Waals surface area contributed by atoms with Crippen molar-refractivity contribution >= 4 is 46.4 Å². The van der Waals surface area contributed by atoms with Crippen LogP contribution in [0, 0.1) is 0 Å². The molecule has 0 saturated carbocycles. The van der Waals surface area contributed by atoms with Crippen LogP contribution >= 0.6 is 23.2 Å². The van der Waals surface area contributed by atoms with Crippen molar-refractivity contribution in [2.24, 2.45) is 0 Å². The maximum Gasteiger partial charge on any atom is 0.327 e. The number of carbonyl (C=O) groups is 1. The summed E-state index contributed by atoms with van der Waals surface area (Å²) in [6.45, 7) is 2.24. The molecule has 4 rings (SSSR count). The number of aryl methyl sites for hydroxylation is 1. The topological polar surface area (TPSA) is 68.1 Å². The Bertz CT molecular complexity index is 1340. The second-order valence-electron chi connectivity index (χ2n) is 7.52. The molecule has 34 heavy (non-hydrogen) atoms. The van der Waals surface area contributed by atoms with E-state index < -0.39 is 0 Å². The van der Waals surface area contributed by atoms with Crippen LogP contribution in [0.2, 0.25) is 10.0 Å². The van der Waals surface area contributed by atoms with Crippen LogP contribution in [0.5, 0.6) is 11.5 Å². The third kappa shape index (κ3) is 4.76. The van der Waals surface area contributed by atoms with Gasteiger partial charge in [-0.15, -0.1) is 0 Å². The van der Waals surface area contributed by atoms with E-state index in [4.69, 9.17) is 37.7 Å². The molecule has 0 fully saturated rings. The minimum absolute atomic E-state index is 0.253. The Morgan fingerprint density at radius 2 is 1.88 bits per heavy atom. The maximum absolute atomic E-state index is 13.1. The highest BCUT2D eigenvalue weighted by molar-refractivity contribution is 6.35. The van der Waals surface area contributed by atoms with Crippen LogP contribution in [0.4, 0.5) is 16.3 Å². The fourth-order valence-electron chi connectivity index (χ4n) is 3.62. The first kappa shape index (κ1) is 23.7. The minimum atomic E-state index is -0.319. The Balaban J connectivity index is 1.63. The third-order valence-electron chi connectivity index (χ3n) is 5.36. The fourth-order valence-corrected chi connectivity index (χ4v) is 4.08. The lowest BCUT2D eigenvalue weighted by Gasteiger charge is -2.20. The van der Waals surface area contributed by atoms with Gasteiger partial charge in [0.2, 0.25) is 0 Å². The number of nitrogens with zero attached hydrogens (tertiary/aromatic N) is 3. The summed E-state index contributed by atoms with van der Waals surface area (Å²) in [6.07, 6.45) is 2.48. The molecule has 0 aliphatic carbocycles. The first-order valence-electron chi connectivity index (χ1n) is 10.7. The highest BCUT2D eigenvalue weighted by Crippen LogP contribution is 2.30. The molecular formula is C25H24Cl2N4O3. The molecule has 0 spiro atoms. The Morgan fingerprint density at radius 3 is 2.62 bits per heavy atom. The molecule has 0 radical (unpaired) electrons. The van der Waals surface area contributed by atoms with Gasteiger partial charge in [0.05, 0.1) is 18.5 Å². The van der Waals surface area contributed by atoms with Gasteiger partial charge in [-0.1, -0.05) is 48.3 Å². The van der Waals surface area contributed by atoms with Crippen molar-refractivity contribution in [3.63, 3.8) is 0 Å². The zero-order chi connectivity index (χ0) is 24.2. The van der Waals surface area contributed by atoms with Gasteiger partial charge in [-0.2, -0.15) is 0 Å². The number of fused-ring (bicyclic) bond motifs is 1. The molecule has 1 N–H and O–H groups in total. The van der Waals surface area contributed by atoms with E-state index in [2.05, 4.69) is 5.32 Å². The largest absolute Gasteiger partial charge is 0.495 e. The van der Waals surface area contributed by atoms with Crippen molar-refractivity contribution < 1.29 is 14.3 Å². The van der Waals surface area contributed by atoms with E-state index in [9.17, 15) is 4.79 Å². The zero-order valence-corrected chi connectivity index (χ0v) is 20.5. The van der Waals surface area contributed by atoms with Gasteiger partial charge in [0, 0.05) is 28.9 Å². The Morgan fingerprint density at radius 1 is 1.12 bits per heavy atom. The Hall–Kier alpha value is -3.42. The average molecular weight is 499 g/mol. The number of hydrogen-bond acceptors (Lipinski definition) is 4. The van der Waals surface area contributed by atoms with Crippen LogP contribution in [0.3, 0.4) is 0 Å². The summed E-state index contributed by atoms with van der Waals surface area (Å²) < 4.78 is 13.2. The molecule has 176 valence electrons. The Labute approximate surface area is 207 Å². The lowest BCUT2D eigenvalue weighted by molar-refractivity contribution is 0.257. The van der Waals surface area contributed by atoms with Gasteiger partial charge in [-0.3, -0.25) is 9.30 Å². The zero-order valence-electron chi connectivity index (χ0n) is 19.0. The van der Waals surface area contributed by atoms with Crippen molar-refractivity contribution in [3.05, 3.63) is 82.1 Å². The molecule has 2 amide bonds. The fraction of sp³-hybridized carbons (Fsp3) is 0.200. The molecule has 2 heterocycles. The van der Waals surface area contributed by atoms with Crippen molar-refractivity contribution in [2.45, 2.75) is 20.0 Å². The van der Waals surface area contributed by atoms with Crippen molar-refractivity contribution in [1.82, 2.24) is 9.38 Å². The van der Waals surface area contributed by atoms with Crippen LogP contribution in [-0.4, -0.2) is 29.6 Å². The molecule has 7 nitrogen and oxygen atoms in total. The molecule has 0 bridgehead atoms. The number of carbonyl (C=O) groups excluding carboxylic acids is 1. The molecule has 9 heteroatoms. The van der Waals surface area contributed by atoms with E-state index in [1.807, 2.05) is 47.9 Å². The van der Waals surface area contributed by atoms with Crippen LogP contribution in [0.1, 0.15) is 18.2 Å². The number of amides is 2. The highest BCUT2D eigenvalue weighted by atomic mass is 35.5. The summed E-state index contributed by atoms with van der Waals surface area (Å²) in [5.41, 5.74) is 2.76. The standard InChI is InChI=1S/C25H24Cl2N4O3/c1-4-19-24(30(2)25(32)29-20-8-5-6-9-21(20)33-3)31-13-7-10-22(23(31)28-19)34-15-16-11-12-17(26)14-18(16)27/h5-14H,4,15H2,1-3H3,(H,29,32). The van der Waals surface area contributed by atoms with Gasteiger partial charge >= 0.3 is 6.03 Å². The lowest BCUT2D eigenvalue weighted by atomic mass is 10.2. The van der Waals surface area contributed by atoms with Gasteiger partial charge in [-0.05, 0) is 42.8 Å². The van der Waals surface area contributed by atoms with E-state index in [0.717, 1.165) is 11.3 Å². The quantitative estimate of drug-likeness (QED) is 0.317. The number of rotatable bonds is 7. The first-order chi connectivity index (χ1) is 16.4. The maximum atomic E-state index is 13.1. The molecule has 0 atom stereocenters. The molecule has 4 aromatic rings. The normalized spacial score (nSPS) is 10.9. The van der Waals surface area contributed by atoms with E-state index in [1.54, 1.807) is 38.4 Å². The van der Waals surface area contributed by atoms with Gasteiger partial charge in [0.1, 0.15) is 18.2 Å². The summed E-state index contributed by atoms with van der Waals surface area (Å²) in [4.78, 5) is 19.4. The monoisotopic (exact) mass is 498 g/mol. The average Bonchev–Trinajstić information content (AvgIpc) is 3.22. The summed E-state index contributed by atoms with van der Waals surface area (Å²) >= 11 is 12.3. The second kappa shape index (κ2) is 10.2. The molecule has 0 aliphatic heterocycles. The number of halogens is 2. The number of imidazole rings is 1. The lowest BCUT2D eigenvalue weighted by Crippen LogP contribution is -2.32. The van der Waals surface area contributed by atoms with E-state index in [-0.39, 0.29) is 12.6 Å². The van der Waals surface area contributed by atoms with Crippen LogP contribution < -0.4 is 19.7 Å². The summed E-state index contributed by atoms with van der Waals surface area (Å²) in [7, 11) is 3.27. The number of urea groups is 1. The van der Waals surface area contributed by atoms with Gasteiger partial charge in [0.25, 0.3) is 0 Å². The number of anilines is 2. The SMILES string of the molecule is CCc1nc2c(OCc3ccc(Cl)cc3Cl)cccn2c1N(C)C(=O)Nc1ccccc1OC. The Kier molecular flexibility index (Phi) is 7.14. The first-order valence-corrected chi connectivity index (χ1v) is 11.4. The van der Waals surface area contributed by atoms with E-state index >= 15 is 0 Å². The number of nitrogens with one attached hydrogen (secondary N) is 1. The smallest absolute Gasteiger partial charge is 0.327 e. The number of methoxy groups -OCH3 is 1. The van der Waals surface area contributed by atoms with Crippen molar-refractivity contribution in [3.8, 4) is 11.5 Å². The van der Waals surface area contributed by atoms with Crippen LogP contribution in [0.25, 0.3) is 5.65 Å². The predicted molar refractivity (Wildman–Crippen MR) is 136 cm³/mol. The number of pyridine rings is 1. The second-order valence-corrected chi connectivity index (χ2v) is 8.36. The minimum Gasteiger partial charge on any atom is -0.495 e. The summed E-state index contributed by atoms with van der Waals surface area (Å²) in [6, 6.07) is 15.9. The molecular weight excluding hydrogens is 475 g/mol. The van der Waals surface area contributed by atoms with Crippen molar-refractivity contribution in [1.29, 1.82) is 0 Å². The number of para-hydroxylation sites is 2. The van der Waals surface area contributed by atoms with E-state index in [1.165, 1.54) is 4.90 Å². The molecule has 0 aliphatic rings. The highest BCUT2D eigenvalue weighted by Gasteiger charge is 2.22. The van der Waals surface area contributed by atoms with Gasteiger partial charge in [-0.25, -0.2) is 9.78 Å². The summed E-state index contributed by atoms with van der Waals surface area (Å²) in [5, 5.41) is 4.00. The van der Waals surface area contributed by atoms with E-state index in [0.29, 0.717) is 45.1 Å². The van der Waals surface area contributed by atoms with Gasteiger partial charge < -0.3 is 14.8 Å². The van der Waals surface area contributed by atoms with Crippen molar-refractivity contribution in [2.75, 3.05) is 24.4 Å². The molecule has 0 saturated heterocycles. The number of ether oxygens (including phenoxy) is 2. The number of hydrogen-bond donors (Lipinski definition) is 1. The van der Waals surface area contributed by atoms with Crippen LogP contribution in [0.15, 0.2) is 60.8 Å². The third-order valence-corrected chi connectivity index (χ3v) is 5.95. The van der Waals surface area contributed by atoms with Gasteiger partial charge in [0.15, 0.2) is 11.4 Å². The summed E-state index contributed by atoms with van der Waals surface area (Å²) in [5.74, 6) is 1.81. The number of aromatic nitrogens is 2.